The predicted molar refractivity (Wildman–Crippen MR) is 72.5 cm³/mol. The van der Waals surface area contributed by atoms with Gasteiger partial charge in [-0.1, -0.05) is 32.2 Å². The Hall–Kier alpha value is -0.653. The van der Waals surface area contributed by atoms with E-state index in [9.17, 15) is 8.42 Å². The highest BCUT2D eigenvalue weighted by molar-refractivity contribution is 7.86. The minimum absolute atomic E-state index is 0.166. The fraction of sp³-hybridized carbons (Fsp3) is 0.500. The third-order valence-electron chi connectivity index (χ3n) is 2.97. The quantitative estimate of drug-likeness (QED) is 0.611. The SMILES string of the molecule is CCOS(=O)(=O)c1ccc(C(C)[SiH](C)C)cc1. The zero-order valence-corrected chi connectivity index (χ0v) is 12.8. The summed E-state index contributed by atoms with van der Waals surface area (Å²) in [6, 6.07) is 7.05. The molecule has 1 rings (SSSR count). The van der Waals surface area contributed by atoms with E-state index in [1.807, 2.05) is 12.1 Å². The molecule has 0 N–H and O–H groups in total. The Kier molecular flexibility index (Phi) is 4.91. The molecule has 1 atom stereocenters. The lowest BCUT2D eigenvalue weighted by Gasteiger charge is -2.15. The van der Waals surface area contributed by atoms with Crippen LogP contribution >= 0.6 is 0 Å². The largest absolute Gasteiger partial charge is 0.296 e. The average Bonchev–Trinajstić information content (AvgIpc) is 2.28. The molecular formula is C12H20O3SSi. The molecule has 0 saturated heterocycles. The van der Waals surface area contributed by atoms with Crippen molar-refractivity contribution in [1.29, 1.82) is 0 Å². The maximum Gasteiger partial charge on any atom is 0.296 e. The summed E-state index contributed by atoms with van der Waals surface area (Å²) in [6.07, 6.45) is 0. The van der Waals surface area contributed by atoms with Gasteiger partial charge >= 0.3 is 0 Å². The van der Waals surface area contributed by atoms with Gasteiger partial charge in [0.2, 0.25) is 0 Å². The summed E-state index contributed by atoms with van der Waals surface area (Å²) in [4.78, 5) is 0.237. The van der Waals surface area contributed by atoms with E-state index in [-0.39, 0.29) is 11.5 Å². The first kappa shape index (κ1) is 14.4. The first-order valence-electron chi connectivity index (χ1n) is 5.88. The van der Waals surface area contributed by atoms with Crippen LogP contribution < -0.4 is 0 Å². The van der Waals surface area contributed by atoms with Crippen molar-refractivity contribution in [3.63, 3.8) is 0 Å². The Morgan fingerprint density at radius 2 is 1.76 bits per heavy atom. The molecule has 0 spiro atoms. The van der Waals surface area contributed by atoms with Gasteiger partial charge < -0.3 is 0 Å². The van der Waals surface area contributed by atoms with Gasteiger partial charge in [-0.05, 0) is 30.2 Å². The van der Waals surface area contributed by atoms with E-state index in [0.717, 1.165) is 0 Å². The van der Waals surface area contributed by atoms with Crippen LogP contribution in [-0.2, 0) is 14.3 Å². The Morgan fingerprint density at radius 1 is 1.24 bits per heavy atom. The fourth-order valence-electron chi connectivity index (χ4n) is 1.55. The van der Waals surface area contributed by atoms with Crippen LogP contribution in [0, 0.1) is 0 Å². The maximum absolute atomic E-state index is 11.6. The lowest BCUT2D eigenvalue weighted by atomic mass is 10.2. The van der Waals surface area contributed by atoms with Crippen molar-refractivity contribution in [2.75, 3.05) is 6.61 Å². The van der Waals surface area contributed by atoms with Gasteiger partial charge in [-0.2, -0.15) is 8.42 Å². The second-order valence-electron chi connectivity index (χ2n) is 4.46. The number of rotatable bonds is 5. The second kappa shape index (κ2) is 5.80. The summed E-state index contributed by atoms with van der Waals surface area (Å²) in [5.41, 5.74) is 1.76. The minimum atomic E-state index is -3.56. The molecule has 0 heterocycles. The van der Waals surface area contributed by atoms with Gasteiger partial charge in [-0.3, -0.25) is 4.18 Å². The molecule has 1 aromatic carbocycles. The van der Waals surface area contributed by atoms with Crippen molar-refractivity contribution in [1.82, 2.24) is 0 Å². The number of benzene rings is 1. The highest BCUT2D eigenvalue weighted by Gasteiger charge is 2.16. The first-order valence-corrected chi connectivity index (χ1v) is 10.3. The van der Waals surface area contributed by atoms with E-state index in [2.05, 4.69) is 20.0 Å². The second-order valence-corrected chi connectivity index (χ2v) is 9.57. The molecule has 3 nitrogen and oxygen atoms in total. The minimum Gasteiger partial charge on any atom is -0.267 e. The summed E-state index contributed by atoms with van der Waals surface area (Å²) < 4.78 is 28.0. The monoisotopic (exact) mass is 272 g/mol. The van der Waals surface area contributed by atoms with Crippen molar-refractivity contribution in [2.45, 2.75) is 37.4 Å². The van der Waals surface area contributed by atoms with Gasteiger partial charge in [0.05, 0.1) is 11.5 Å². The van der Waals surface area contributed by atoms with Crippen LogP contribution in [0.4, 0.5) is 0 Å². The van der Waals surface area contributed by atoms with Crippen LogP contribution in [0.3, 0.4) is 0 Å². The van der Waals surface area contributed by atoms with E-state index < -0.39 is 18.9 Å². The lowest BCUT2D eigenvalue weighted by molar-refractivity contribution is 0.338. The van der Waals surface area contributed by atoms with Crippen molar-refractivity contribution in [3.05, 3.63) is 29.8 Å². The molecule has 0 fully saturated rings. The van der Waals surface area contributed by atoms with E-state index in [1.165, 1.54) is 5.56 Å². The van der Waals surface area contributed by atoms with Gasteiger partial charge in [-0.15, -0.1) is 0 Å². The van der Waals surface area contributed by atoms with Crippen molar-refractivity contribution in [3.8, 4) is 0 Å². The summed E-state index contributed by atoms with van der Waals surface area (Å²) >= 11 is 0. The summed E-state index contributed by atoms with van der Waals surface area (Å²) in [6.45, 7) is 8.60. The van der Waals surface area contributed by atoms with Gasteiger partial charge in [0, 0.05) is 8.80 Å². The normalized spacial score (nSPS) is 13.9. The molecule has 0 aliphatic heterocycles. The summed E-state index contributed by atoms with van der Waals surface area (Å²) in [7, 11) is -4.30. The van der Waals surface area contributed by atoms with Crippen LogP contribution in [-0.4, -0.2) is 23.8 Å². The van der Waals surface area contributed by atoms with Crippen molar-refractivity contribution in [2.24, 2.45) is 0 Å². The Labute approximate surface area is 106 Å². The van der Waals surface area contributed by atoms with Crippen LogP contribution in [0.1, 0.15) is 25.0 Å². The Bertz CT molecular complexity index is 451. The van der Waals surface area contributed by atoms with Gasteiger partial charge in [0.25, 0.3) is 10.1 Å². The highest BCUT2D eigenvalue weighted by atomic mass is 32.2. The average molecular weight is 272 g/mol. The number of hydrogen-bond acceptors (Lipinski definition) is 3. The Morgan fingerprint density at radius 3 is 2.18 bits per heavy atom. The first-order chi connectivity index (χ1) is 7.88. The molecule has 17 heavy (non-hydrogen) atoms. The third-order valence-corrected chi connectivity index (χ3v) is 6.75. The molecule has 0 aromatic heterocycles. The standard InChI is InChI=1S/C12H20O3SSi/c1-5-15-16(13,14)12-8-6-11(7-9-12)10(2)17(3)4/h6-10,17H,5H2,1-4H3. The van der Waals surface area contributed by atoms with Gasteiger partial charge in [0.1, 0.15) is 0 Å². The van der Waals surface area contributed by atoms with E-state index in [0.29, 0.717) is 5.54 Å². The highest BCUT2D eigenvalue weighted by Crippen LogP contribution is 2.21. The zero-order valence-electron chi connectivity index (χ0n) is 10.8. The molecule has 0 aliphatic rings. The molecule has 0 bridgehead atoms. The smallest absolute Gasteiger partial charge is 0.267 e. The molecule has 1 unspecified atom stereocenters. The van der Waals surface area contributed by atoms with E-state index in [1.54, 1.807) is 19.1 Å². The molecular weight excluding hydrogens is 252 g/mol. The lowest BCUT2D eigenvalue weighted by Crippen LogP contribution is -2.12. The molecule has 96 valence electrons. The molecule has 5 heteroatoms. The predicted octanol–water partition coefficient (Wildman–Crippen LogP) is 2.54. The zero-order chi connectivity index (χ0) is 13.1. The molecule has 0 amide bonds. The van der Waals surface area contributed by atoms with Crippen LogP contribution in [0.25, 0.3) is 0 Å². The molecule has 0 saturated carbocycles. The molecule has 1 aromatic rings. The fourth-order valence-corrected chi connectivity index (χ4v) is 3.45. The molecule has 0 radical (unpaired) electrons. The van der Waals surface area contributed by atoms with Crippen LogP contribution in [0.5, 0.6) is 0 Å². The topological polar surface area (TPSA) is 43.4 Å². The van der Waals surface area contributed by atoms with Crippen molar-refractivity contribution >= 4 is 18.9 Å². The van der Waals surface area contributed by atoms with Crippen LogP contribution in [0.2, 0.25) is 13.1 Å². The maximum atomic E-state index is 11.6. The van der Waals surface area contributed by atoms with E-state index in [4.69, 9.17) is 4.18 Å². The summed E-state index contributed by atoms with van der Waals surface area (Å²) in [5, 5.41) is 0. The van der Waals surface area contributed by atoms with Crippen LogP contribution in [0.15, 0.2) is 29.2 Å². The number of hydrogen-bond donors (Lipinski definition) is 0. The van der Waals surface area contributed by atoms with Gasteiger partial charge in [0.15, 0.2) is 0 Å². The Balaban J connectivity index is 2.96. The molecule has 0 aliphatic carbocycles. The van der Waals surface area contributed by atoms with Crippen molar-refractivity contribution < 1.29 is 12.6 Å². The summed E-state index contributed by atoms with van der Waals surface area (Å²) in [5.74, 6) is 0. The van der Waals surface area contributed by atoms with E-state index >= 15 is 0 Å². The third kappa shape index (κ3) is 3.66. The van der Waals surface area contributed by atoms with Gasteiger partial charge in [-0.25, -0.2) is 0 Å².